The van der Waals surface area contributed by atoms with E-state index in [1.165, 1.54) is 25.6 Å². The molecule has 1 heterocycles. The summed E-state index contributed by atoms with van der Waals surface area (Å²) in [5.74, 6) is 0.595. The number of hydrogen-bond donors (Lipinski definition) is 2. The van der Waals surface area contributed by atoms with Gasteiger partial charge in [0.05, 0.1) is 24.5 Å². The summed E-state index contributed by atoms with van der Waals surface area (Å²) in [6, 6.07) is 10.5. The van der Waals surface area contributed by atoms with E-state index in [1.807, 2.05) is 0 Å². The van der Waals surface area contributed by atoms with E-state index in [-0.39, 0.29) is 11.8 Å². The lowest BCUT2D eigenvalue weighted by molar-refractivity contribution is -0.115. The van der Waals surface area contributed by atoms with Gasteiger partial charge in [0.25, 0.3) is 5.91 Å². The fourth-order valence-corrected chi connectivity index (χ4v) is 3.46. The van der Waals surface area contributed by atoms with Crippen molar-refractivity contribution in [1.29, 1.82) is 0 Å². The zero-order valence-corrected chi connectivity index (χ0v) is 16.0. The molecule has 0 radical (unpaired) electrons. The van der Waals surface area contributed by atoms with E-state index in [9.17, 15) is 9.59 Å². The number of anilines is 2. The minimum Gasteiger partial charge on any atom is -0.496 e. The lowest BCUT2D eigenvalue weighted by atomic mass is 10.2. The van der Waals surface area contributed by atoms with Gasteiger partial charge < -0.3 is 20.1 Å². The van der Waals surface area contributed by atoms with Crippen LogP contribution >= 0.6 is 11.3 Å². The standard InChI is InChI=1S/C19H19N3O4S/c1-4-16(23)21-19-22-17-14(26-3)9-11(10-15(17)27-19)20-18(24)12-7-5-6-8-13(12)25-2/h5-10H,4H2,1-3H3,(H,20,24)(H,21,22,23). The Kier molecular flexibility index (Phi) is 5.56. The van der Waals surface area contributed by atoms with Crippen LogP contribution in [0.3, 0.4) is 0 Å². The van der Waals surface area contributed by atoms with Gasteiger partial charge in [-0.3, -0.25) is 9.59 Å². The monoisotopic (exact) mass is 385 g/mol. The number of carbonyl (C=O) groups excluding carboxylic acids is 2. The highest BCUT2D eigenvalue weighted by Crippen LogP contribution is 2.35. The smallest absolute Gasteiger partial charge is 0.259 e. The SMILES string of the molecule is CCC(=O)Nc1nc2c(OC)cc(NC(=O)c3ccccc3OC)cc2s1. The Morgan fingerprint density at radius 3 is 2.52 bits per heavy atom. The van der Waals surface area contributed by atoms with E-state index in [2.05, 4.69) is 15.6 Å². The first kappa shape index (κ1) is 18.7. The summed E-state index contributed by atoms with van der Waals surface area (Å²) >= 11 is 1.32. The molecule has 0 aliphatic carbocycles. The van der Waals surface area contributed by atoms with Crippen LogP contribution in [0.1, 0.15) is 23.7 Å². The number of carbonyl (C=O) groups is 2. The second kappa shape index (κ2) is 8.05. The molecule has 3 rings (SSSR count). The summed E-state index contributed by atoms with van der Waals surface area (Å²) in [6.45, 7) is 1.77. The van der Waals surface area contributed by atoms with Crippen molar-refractivity contribution < 1.29 is 19.1 Å². The number of para-hydroxylation sites is 1. The minimum absolute atomic E-state index is 0.113. The number of rotatable bonds is 6. The van der Waals surface area contributed by atoms with Crippen LogP contribution in [-0.2, 0) is 4.79 Å². The molecule has 0 fully saturated rings. The van der Waals surface area contributed by atoms with Gasteiger partial charge >= 0.3 is 0 Å². The Hall–Kier alpha value is -3.13. The Labute approximate surface area is 160 Å². The first-order chi connectivity index (χ1) is 13.0. The molecule has 140 valence electrons. The maximum absolute atomic E-state index is 12.6. The molecule has 7 nitrogen and oxygen atoms in total. The molecule has 0 bridgehead atoms. The van der Waals surface area contributed by atoms with E-state index in [4.69, 9.17) is 9.47 Å². The molecule has 2 aromatic carbocycles. The van der Waals surface area contributed by atoms with Gasteiger partial charge in [0.15, 0.2) is 5.13 Å². The molecule has 0 saturated heterocycles. The lowest BCUT2D eigenvalue weighted by Gasteiger charge is -2.10. The molecule has 0 aliphatic rings. The zero-order chi connectivity index (χ0) is 19.4. The average molecular weight is 385 g/mol. The lowest BCUT2D eigenvalue weighted by Crippen LogP contribution is -2.13. The number of hydrogen-bond acceptors (Lipinski definition) is 6. The first-order valence-electron chi connectivity index (χ1n) is 8.28. The van der Waals surface area contributed by atoms with Crippen molar-refractivity contribution in [3.8, 4) is 11.5 Å². The van der Waals surface area contributed by atoms with E-state index in [0.717, 1.165) is 4.70 Å². The van der Waals surface area contributed by atoms with E-state index in [1.54, 1.807) is 43.3 Å². The van der Waals surface area contributed by atoms with Gasteiger partial charge in [0.1, 0.15) is 17.0 Å². The molecule has 2 N–H and O–H groups in total. The number of methoxy groups -OCH3 is 2. The van der Waals surface area contributed by atoms with Crippen LogP contribution in [0.2, 0.25) is 0 Å². The number of benzene rings is 2. The van der Waals surface area contributed by atoms with Gasteiger partial charge in [-0.25, -0.2) is 4.98 Å². The van der Waals surface area contributed by atoms with E-state index >= 15 is 0 Å². The third-order valence-corrected chi connectivity index (χ3v) is 4.77. The topological polar surface area (TPSA) is 89.5 Å². The number of nitrogens with zero attached hydrogens (tertiary/aromatic N) is 1. The molecule has 3 aromatic rings. The van der Waals surface area contributed by atoms with Gasteiger partial charge in [-0.2, -0.15) is 0 Å². The summed E-state index contributed by atoms with van der Waals surface area (Å²) in [6.07, 6.45) is 0.368. The highest BCUT2D eigenvalue weighted by atomic mass is 32.1. The maximum Gasteiger partial charge on any atom is 0.259 e. The largest absolute Gasteiger partial charge is 0.496 e. The number of nitrogens with one attached hydrogen (secondary N) is 2. The summed E-state index contributed by atoms with van der Waals surface area (Å²) < 4.78 is 11.4. The van der Waals surface area contributed by atoms with Crippen LogP contribution in [0, 0.1) is 0 Å². The van der Waals surface area contributed by atoms with Gasteiger partial charge in [-0.15, -0.1) is 0 Å². The Bertz CT molecular complexity index is 1000. The van der Waals surface area contributed by atoms with Crippen LogP contribution in [0.25, 0.3) is 10.2 Å². The second-order valence-electron chi connectivity index (χ2n) is 5.60. The molecule has 0 saturated carbocycles. The van der Waals surface area contributed by atoms with Crippen LogP contribution in [-0.4, -0.2) is 31.0 Å². The summed E-state index contributed by atoms with van der Waals surface area (Å²) in [7, 11) is 3.05. The Morgan fingerprint density at radius 1 is 1.07 bits per heavy atom. The molecule has 0 unspecified atom stereocenters. The molecule has 27 heavy (non-hydrogen) atoms. The third-order valence-electron chi connectivity index (χ3n) is 3.86. The van der Waals surface area contributed by atoms with E-state index < -0.39 is 0 Å². The van der Waals surface area contributed by atoms with Crippen molar-refractivity contribution in [2.45, 2.75) is 13.3 Å². The van der Waals surface area contributed by atoms with Crippen molar-refractivity contribution in [3.05, 3.63) is 42.0 Å². The molecule has 8 heteroatoms. The summed E-state index contributed by atoms with van der Waals surface area (Å²) in [5.41, 5.74) is 1.62. The minimum atomic E-state index is -0.294. The summed E-state index contributed by atoms with van der Waals surface area (Å²) in [4.78, 5) is 28.6. The molecular weight excluding hydrogens is 366 g/mol. The van der Waals surface area contributed by atoms with Crippen molar-refractivity contribution >= 4 is 44.2 Å². The molecule has 0 aliphatic heterocycles. The van der Waals surface area contributed by atoms with Crippen molar-refractivity contribution in [2.24, 2.45) is 0 Å². The quantitative estimate of drug-likeness (QED) is 0.671. The normalized spacial score (nSPS) is 10.5. The maximum atomic E-state index is 12.6. The van der Waals surface area contributed by atoms with Crippen LogP contribution < -0.4 is 20.1 Å². The van der Waals surface area contributed by atoms with E-state index in [0.29, 0.717) is 39.8 Å². The van der Waals surface area contributed by atoms with Crippen molar-refractivity contribution in [3.63, 3.8) is 0 Å². The number of ether oxygens (including phenoxy) is 2. The predicted octanol–water partition coefficient (Wildman–Crippen LogP) is 3.91. The summed E-state index contributed by atoms with van der Waals surface area (Å²) in [5, 5.41) is 6.09. The second-order valence-corrected chi connectivity index (χ2v) is 6.63. The highest BCUT2D eigenvalue weighted by molar-refractivity contribution is 7.22. The molecule has 1 aromatic heterocycles. The van der Waals surface area contributed by atoms with Crippen LogP contribution in [0.15, 0.2) is 36.4 Å². The average Bonchev–Trinajstić information content (AvgIpc) is 3.09. The molecule has 0 atom stereocenters. The van der Waals surface area contributed by atoms with Gasteiger partial charge in [-0.05, 0) is 18.2 Å². The Balaban J connectivity index is 1.92. The fourth-order valence-electron chi connectivity index (χ4n) is 2.52. The van der Waals surface area contributed by atoms with Gasteiger partial charge in [0.2, 0.25) is 5.91 Å². The third kappa shape index (κ3) is 4.01. The Morgan fingerprint density at radius 2 is 1.81 bits per heavy atom. The van der Waals surface area contributed by atoms with Gasteiger partial charge in [0, 0.05) is 18.2 Å². The first-order valence-corrected chi connectivity index (χ1v) is 9.10. The van der Waals surface area contributed by atoms with Crippen LogP contribution in [0.5, 0.6) is 11.5 Å². The number of aromatic nitrogens is 1. The highest BCUT2D eigenvalue weighted by Gasteiger charge is 2.16. The number of fused-ring (bicyclic) bond motifs is 1. The number of amides is 2. The molecule has 0 spiro atoms. The van der Waals surface area contributed by atoms with Crippen molar-refractivity contribution in [2.75, 3.05) is 24.9 Å². The molecule has 2 amide bonds. The van der Waals surface area contributed by atoms with Crippen LogP contribution in [0.4, 0.5) is 10.8 Å². The number of thiazole rings is 1. The predicted molar refractivity (Wildman–Crippen MR) is 106 cm³/mol. The van der Waals surface area contributed by atoms with Crippen molar-refractivity contribution in [1.82, 2.24) is 4.98 Å². The molecular formula is C19H19N3O4S. The fraction of sp³-hybridized carbons (Fsp3) is 0.211. The van der Waals surface area contributed by atoms with Gasteiger partial charge in [-0.1, -0.05) is 30.4 Å². The zero-order valence-electron chi connectivity index (χ0n) is 15.2.